The van der Waals surface area contributed by atoms with Gasteiger partial charge in [0.1, 0.15) is 5.82 Å². The second-order valence-corrected chi connectivity index (χ2v) is 9.66. The molecule has 0 bridgehead atoms. The molecule has 3 aromatic carbocycles. The molecule has 0 aliphatic rings. The van der Waals surface area contributed by atoms with Gasteiger partial charge in [-0.05, 0) is 48.5 Å². The number of thioether (sulfide) groups is 1. The van der Waals surface area contributed by atoms with E-state index in [9.17, 15) is 14.0 Å². The highest BCUT2D eigenvalue weighted by Crippen LogP contribution is 2.29. The highest BCUT2D eigenvalue weighted by atomic mass is 35.5. The maximum absolute atomic E-state index is 13.9. The van der Waals surface area contributed by atoms with Crippen molar-refractivity contribution in [2.75, 3.05) is 25.3 Å². The number of para-hydroxylation sites is 1. The summed E-state index contributed by atoms with van der Waals surface area (Å²) in [5.41, 5.74) is 1.00. The number of benzene rings is 3. The molecule has 202 valence electrons. The second kappa shape index (κ2) is 12.8. The van der Waals surface area contributed by atoms with E-state index in [1.54, 1.807) is 47.0 Å². The van der Waals surface area contributed by atoms with E-state index >= 15 is 0 Å². The zero-order valence-electron chi connectivity index (χ0n) is 20.7. The average Bonchev–Trinajstić information content (AvgIpc) is 3.35. The third-order valence-electron chi connectivity index (χ3n) is 5.39. The number of methoxy groups -OCH3 is 2. The summed E-state index contributed by atoms with van der Waals surface area (Å²) >= 11 is 13.4. The van der Waals surface area contributed by atoms with E-state index in [1.165, 1.54) is 32.4 Å². The Morgan fingerprint density at radius 2 is 1.74 bits per heavy atom. The standard InChI is InChI=1S/C26H22Cl2FN5O4S/c1-37-21-10-7-15(11-22(21)38-2)25(36)30-13-23-32-33-26(34(23)16-8-9-17(27)18(28)12-16)39-14-24(35)31-20-6-4-3-5-19(20)29/h3-12H,13-14H2,1-2H3,(H,30,36)(H,31,35). The lowest BCUT2D eigenvalue weighted by Gasteiger charge is -2.13. The van der Waals surface area contributed by atoms with Crippen molar-refractivity contribution in [1.82, 2.24) is 20.1 Å². The topological polar surface area (TPSA) is 107 Å². The van der Waals surface area contributed by atoms with E-state index < -0.39 is 11.7 Å². The Hall–Kier alpha value is -3.80. The van der Waals surface area contributed by atoms with E-state index in [1.807, 2.05) is 0 Å². The first-order chi connectivity index (χ1) is 18.8. The van der Waals surface area contributed by atoms with Crippen LogP contribution in [0.2, 0.25) is 10.0 Å². The fraction of sp³-hybridized carbons (Fsp3) is 0.154. The Morgan fingerprint density at radius 3 is 2.46 bits per heavy atom. The molecule has 1 aromatic heterocycles. The van der Waals surface area contributed by atoms with Crippen LogP contribution in [0.25, 0.3) is 5.69 Å². The smallest absolute Gasteiger partial charge is 0.251 e. The van der Waals surface area contributed by atoms with Crippen molar-refractivity contribution in [3.63, 3.8) is 0 Å². The van der Waals surface area contributed by atoms with E-state index in [0.29, 0.717) is 43.8 Å². The molecular weight excluding hydrogens is 568 g/mol. The number of anilines is 1. The van der Waals surface area contributed by atoms with Crippen molar-refractivity contribution in [3.05, 3.63) is 87.9 Å². The zero-order chi connectivity index (χ0) is 27.9. The molecule has 0 aliphatic heterocycles. The summed E-state index contributed by atoms with van der Waals surface area (Å²) in [4.78, 5) is 25.4. The van der Waals surface area contributed by atoms with E-state index in [-0.39, 0.29) is 23.9 Å². The van der Waals surface area contributed by atoms with Crippen molar-refractivity contribution in [3.8, 4) is 17.2 Å². The van der Waals surface area contributed by atoms with Crippen LogP contribution in [-0.2, 0) is 11.3 Å². The molecule has 0 fully saturated rings. The third kappa shape index (κ3) is 6.80. The van der Waals surface area contributed by atoms with Crippen LogP contribution in [0.5, 0.6) is 11.5 Å². The SMILES string of the molecule is COc1ccc(C(=O)NCc2nnc(SCC(=O)Nc3ccccc3F)n2-c2ccc(Cl)c(Cl)c2)cc1OC. The summed E-state index contributed by atoms with van der Waals surface area (Å²) in [5, 5.41) is 14.8. The first-order valence-electron chi connectivity index (χ1n) is 11.4. The monoisotopic (exact) mass is 589 g/mol. The molecule has 2 amide bonds. The zero-order valence-corrected chi connectivity index (χ0v) is 23.0. The number of halogens is 3. The minimum absolute atomic E-state index is 0.00239. The van der Waals surface area contributed by atoms with Gasteiger partial charge in [-0.15, -0.1) is 10.2 Å². The van der Waals surface area contributed by atoms with Crippen LogP contribution >= 0.6 is 35.0 Å². The van der Waals surface area contributed by atoms with Gasteiger partial charge in [-0.3, -0.25) is 14.2 Å². The fourth-order valence-electron chi connectivity index (χ4n) is 3.51. The van der Waals surface area contributed by atoms with Crippen LogP contribution in [0.4, 0.5) is 10.1 Å². The van der Waals surface area contributed by atoms with Gasteiger partial charge < -0.3 is 20.1 Å². The minimum Gasteiger partial charge on any atom is -0.493 e. The molecule has 0 spiro atoms. The third-order valence-corrected chi connectivity index (χ3v) is 7.06. The molecular formula is C26H22Cl2FN5O4S. The van der Waals surface area contributed by atoms with Gasteiger partial charge in [0.2, 0.25) is 5.91 Å². The van der Waals surface area contributed by atoms with Crippen molar-refractivity contribution in [2.45, 2.75) is 11.7 Å². The Balaban J connectivity index is 1.54. The molecule has 2 N–H and O–H groups in total. The lowest BCUT2D eigenvalue weighted by atomic mass is 10.2. The number of aromatic nitrogens is 3. The quantitative estimate of drug-likeness (QED) is 0.239. The first-order valence-corrected chi connectivity index (χ1v) is 13.1. The molecule has 0 saturated carbocycles. The Morgan fingerprint density at radius 1 is 0.974 bits per heavy atom. The van der Waals surface area contributed by atoms with Gasteiger partial charge in [0.25, 0.3) is 5.91 Å². The predicted octanol–water partition coefficient (Wildman–Crippen LogP) is 5.39. The first kappa shape index (κ1) is 28.2. The van der Waals surface area contributed by atoms with Crippen LogP contribution < -0.4 is 20.1 Å². The maximum Gasteiger partial charge on any atom is 0.251 e. The minimum atomic E-state index is -0.540. The van der Waals surface area contributed by atoms with Gasteiger partial charge >= 0.3 is 0 Å². The lowest BCUT2D eigenvalue weighted by molar-refractivity contribution is -0.113. The van der Waals surface area contributed by atoms with Crippen LogP contribution in [-0.4, -0.2) is 46.6 Å². The number of hydrogen-bond donors (Lipinski definition) is 2. The number of hydrogen-bond acceptors (Lipinski definition) is 7. The lowest BCUT2D eigenvalue weighted by Crippen LogP contribution is -2.24. The maximum atomic E-state index is 13.9. The van der Waals surface area contributed by atoms with Gasteiger partial charge in [0, 0.05) is 5.56 Å². The van der Waals surface area contributed by atoms with Gasteiger partial charge in [-0.25, -0.2) is 4.39 Å². The number of nitrogens with zero attached hydrogens (tertiary/aromatic N) is 3. The molecule has 9 nitrogen and oxygen atoms in total. The van der Waals surface area contributed by atoms with Crippen LogP contribution in [0.3, 0.4) is 0 Å². The van der Waals surface area contributed by atoms with Gasteiger partial charge in [-0.2, -0.15) is 0 Å². The fourth-order valence-corrected chi connectivity index (χ4v) is 4.57. The number of amides is 2. The molecule has 0 unspecified atom stereocenters. The van der Waals surface area contributed by atoms with Gasteiger partial charge in [-0.1, -0.05) is 47.1 Å². The number of nitrogens with one attached hydrogen (secondary N) is 2. The average molecular weight is 590 g/mol. The molecule has 0 radical (unpaired) electrons. The van der Waals surface area contributed by atoms with Gasteiger partial charge in [0.05, 0.1) is 47.9 Å². The molecule has 0 saturated heterocycles. The number of ether oxygens (including phenoxy) is 2. The highest BCUT2D eigenvalue weighted by Gasteiger charge is 2.19. The molecule has 13 heteroatoms. The van der Waals surface area contributed by atoms with Crippen LogP contribution in [0.15, 0.2) is 65.8 Å². The Labute approximate surface area is 237 Å². The number of carbonyl (C=O) groups excluding carboxylic acids is 2. The van der Waals surface area contributed by atoms with Crippen molar-refractivity contribution in [2.24, 2.45) is 0 Å². The molecule has 0 atom stereocenters. The second-order valence-electron chi connectivity index (χ2n) is 7.90. The normalized spacial score (nSPS) is 10.7. The summed E-state index contributed by atoms with van der Waals surface area (Å²) in [6, 6.07) is 15.6. The largest absolute Gasteiger partial charge is 0.493 e. The van der Waals surface area contributed by atoms with Gasteiger partial charge in [0.15, 0.2) is 22.5 Å². The summed E-state index contributed by atoms with van der Waals surface area (Å²) in [7, 11) is 2.99. The van der Waals surface area contributed by atoms with Crippen LogP contribution in [0.1, 0.15) is 16.2 Å². The number of carbonyl (C=O) groups is 2. The summed E-state index contributed by atoms with van der Waals surface area (Å²) in [6.45, 7) is 0.00239. The Kier molecular flexibility index (Phi) is 9.28. The molecule has 4 aromatic rings. The number of rotatable bonds is 10. The van der Waals surface area contributed by atoms with Crippen molar-refractivity contribution < 1.29 is 23.5 Å². The predicted molar refractivity (Wildman–Crippen MR) is 148 cm³/mol. The highest BCUT2D eigenvalue weighted by molar-refractivity contribution is 7.99. The molecule has 39 heavy (non-hydrogen) atoms. The van der Waals surface area contributed by atoms with E-state index in [0.717, 1.165) is 11.8 Å². The summed E-state index contributed by atoms with van der Waals surface area (Å²) < 4.78 is 26.0. The summed E-state index contributed by atoms with van der Waals surface area (Å²) in [5.74, 6) is -0.145. The van der Waals surface area contributed by atoms with Crippen molar-refractivity contribution >= 4 is 52.5 Å². The van der Waals surface area contributed by atoms with Crippen LogP contribution in [0, 0.1) is 5.82 Å². The molecule has 1 heterocycles. The van der Waals surface area contributed by atoms with Crippen molar-refractivity contribution in [1.29, 1.82) is 0 Å². The van der Waals surface area contributed by atoms with E-state index in [4.69, 9.17) is 32.7 Å². The Bertz CT molecular complexity index is 1520. The van der Waals surface area contributed by atoms with E-state index in [2.05, 4.69) is 20.8 Å². The molecule has 4 rings (SSSR count). The summed E-state index contributed by atoms with van der Waals surface area (Å²) in [6.07, 6.45) is 0. The molecule has 0 aliphatic carbocycles.